The average Bonchev–Trinajstić information content (AvgIpc) is 3.10. The number of carbonyl (C=O) groups is 1. The number of hydrogen-bond acceptors (Lipinski definition) is 5. The Labute approximate surface area is 136 Å². The summed E-state index contributed by atoms with van der Waals surface area (Å²) in [6, 6.07) is 8.42. The summed E-state index contributed by atoms with van der Waals surface area (Å²) in [5.74, 6) is 0.171. The highest BCUT2D eigenvalue weighted by Gasteiger charge is 2.07. The zero-order valence-corrected chi connectivity index (χ0v) is 13.1. The molecule has 7 heteroatoms. The van der Waals surface area contributed by atoms with Gasteiger partial charge in [-0.05, 0) is 30.0 Å². The van der Waals surface area contributed by atoms with Crippen LogP contribution in [-0.2, 0) is 0 Å². The summed E-state index contributed by atoms with van der Waals surface area (Å²) in [6.45, 7) is 1.18. The van der Waals surface area contributed by atoms with E-state index < -0.39 is 0 Å². The number of nitrogens with zero attached hydrogens (tertiary/aromatic N) is 2. The van der Waals surface area contributed by atoms with Crippen LogP contribution < -0.4 is 10.6 Å². The van der Waals surface area contributed by atoms with Gasteiger partial charge in [0.25, 0.3) is 5.91 Å². The quantitative estimate of drug-likeness (QED) is 0.682. The fourth-order valence-corrected chi connectivity index (χ4v) is 2.82. The molecule has 2 aromatic heterocycles. The standard InChI is InChI=1S/C16H15FN4OS/c17-12-5-1-4-11-14(12)20-10-21-15(11)18-7-3-8-19-16(22)13-6-2-9-23-13/h1-2,4-6,9-10H,3,7-8H2,(H,19,22)(H,18,20,21). The molecule has 0 saturated carbocycles. The van der Waals surface area contributed by atoms with Gasteiger partial charge in [0.2, 0.25) is 0 Å². The fourth-order valence-electron chi connectivity index (χ4n) is 2.18. The first kappa shape index (κ1) is 15.4. The zero-order chi connectivity index (χ0) is 16.1. The van der Waals surface area contributed by atoms with Gasteiger partial charge in [0.05, 0.1) is 4.88 Å². The van der Waals surface area contributed by atoms with E-state index in [0.29, 0.717) is 34.7 Å². The summed E-state index contributed by atoms with van der Waals surface area (Å²) in [5, 5.41) is 8.53. The molecule has 3 aromatic rings. The highest BCUT2D eigenvalue weighted by Crippen LogP contribution is 2.20. The molecule has 2 N–H and O–H groups in total. The number of halogens is 1. The maximum absolute atomic E-state index is 13.7. The minimum absolute atomic E-state index is 0.0606. The second-order valence-electron chi connectivity index (χ2n) is 4.87. The van der Waals surface area contributed by atoms with Crippen molar-refractivity contribution in [1.82, 2.24) is 15.3 Å². The molecule has 0 radical (unpaired) electrons. The number of aromatic nitrogens is 2. The Balaban J connectivity index is 1.51. The van der Waals surface area contributed by atoms with E-state index in [1.165, 1.54) is 23.7 Å². The lowest BCUT2D eigenvalue weighted by Crippen LogP contribution is -2.25. The molecule has 118 valence electrons. The van der Waals surface area contributed by atoms with Gasteiger partial charge < -0.3 is 10.6 Å². The Morgan fingerprint density at radius 2 is 2.09 bits per heavy atom. The monoisotopic (exact) mass is 330 g/mol. The Morgan fingerprint density at radius 3 is 2.91 bits per heavy atom. The molecule has 5 nitrogen and oxygen atoms in total. The molecule has 0 aliphatic rings. The van der Waals surface area contributed by atoms with E-state index in [-0.39, 0.29) is 11.7 Å². The first-order valence-corrected chi connectivity index (χ1v) is 8.08. The number of anilines is 1. The Hall–Kier alpha value is -2.54. The van der Waals surface area contributed by atoms with Crippen molar-refractivity contribution in [1.29, 1.82) is 0 Å². The van der Waals surface area contributed by atoms with Gasteiger partial charge in [-0.3, -0.25) is 4.79 Å². The SMILES string of the molecule is O=C(NCCCNc1ncnc2c(F)cccc12)c1cccs1. The van der Waals surface area contributed by atoms with E-state index in [1.54, 1.807) is 18.2 Å². The highest BCUT2D eigenvalue weighted by atomic mass is 32.1. The third-order valence-electron chi connectivity index (χ3n) is 3.29. The van der Waals surface area contributed by atoms with Crippen LogP contribution in [0.2, 0.25) is 0 Å². The lowest BCUT2D eigenvalue weighted by molar-refractivity contribution is 0.0957. The number of nitrogens with one attached hydrogen (secondary N) is 2. The largest absolute Gasteiger partial charge is 0.369 e. The first-order valence-electron chi connectivity index (χ1n) is 7.20. The number of hydrogen-bond donors (Lipinski definition) is 2. The number of para-hydroxylation sites is 1. The van der Waals surface area contributed by atoms with E-state index in [1.807, 2.05) is 11.4 Å². The number of carbonyl (C=O) groups excluding carboxylic acids is 1. The van der Waals surface area contributed by atoms with Crippen LogP contribution in [0.15, 0.2) is 42.0 Å². The van der Waals surface area contributed by atoms with E-state index in [2.05, 4.69) is 20.6 Å². The Kier molecular flexibility index (Phi) is 4.77. The maximum Gasteiger partial charge on any atom is 0.261 e. The number of amides is 1. The maximum atomic E-state index is 13.7. The topological polar surface area (TPSA) is 66.9 Å². The number of fused-ring (bicyclic) bond motifs is 1. The second-order valence-corrected chi connectivity index (χ2v) is 5.82. The van der Waals surface area contributed by atoms with Crippen LogP contribution in [0.4, 0.5) is 10.2 Å². The van der Waals surface area contributed by atoms with Crippen LogP contribution in [0.25, 0.3) is 10.9 Å². The molecule has 2 heterocycles. The van der Waals surface area contributed by atoms with Gasteiger partial charge in [0.15, 0.2) is 0 Å². The smallest absolute Gasteiger partial charge is 0.261 e. The van der Waals surface area contributed by atoms with Gasteiger partial charge >= 0.3 is 0 Å². The van der Waals surface area contributed by atoms with Crippen molar-refractivity contribution in [3.63, 3.8) is 0 Å². The second kappa shape index (κ2) is 7.15. The summed E-state index contributed by atoms with van der Waals surface area (Å²) >= 11 is 1.41. The summed E-state index contributed by atoms with van der Waals surface area (Å²) in [7, 11) is 0. The van der Waals surface area contributed by atoms with Crippen molar-refractivity contribution in [3.8, 4) is 0 Å². The van der Waals surface area contributed by atoms with Crippen LogP contribution in [-0.4, -0.2) is 29.0 Å². The summed E-state index contributed by atoms with van der Waals surface area (Å²) in [4.78, 5) is 20.6. The van der Waals surface area contributed by atoms with Crippen LogP contribution in [0.1, 0.15) is 16.1 Å². The Morgan fingerprint density at radius 1 is 1.17 bits per heavy atom. The minimum atomic E-state index is -0.365. The number of benzene rings is 1. The van der Waals surface area contributed by atoms with E-state index >= 15 is 0 Å². The molecule has 0 aliphatic carbocycles. The third-order valence-corrected chi connectivity index (χ3v) is 4.16. The molecule has 0 aliphatic heterocycles. The van der Waals surface area contributed by atoms with E-state index in [4.69, 9.17) is 0 Å². The molecule has 0 atom stereocenters. The van der Waals surface area contributed by atoms with Crippen LogP contribution >= 0.6 is 11.3 Å². The van der Waals surface area contributed by atoms with Gasteiger partial charge in [-0.25, -0.2) is 14.4 Å². The minimum Gasteiger partial charge on any atom is -0.369 e. The Bertz CT molecular complexity index is 807. The molecule has 23 heavy (non-hydrogen) atoms. The van der Waals surface area contributed by atoms with Gasteiger partial charge in [-0.2, -0.15) is 0 Å². The van der Waals surface area contributed by atoms with Crippen molar-refractivity contribution in [2.45, 2.75) is 6.42 Å². The lowest BCUT2D eigenvalue weighted by Gasteiger charge is -2.09. The summed E-state index contributed by atoms with van der Waals surface area (Å²) in [5.41, 5.74) is 0.302. The molecule has 3 rings (SSSR count). The molecule has 0 spiro atoms. The van der Waals surface area contributed by atoms with Crippen molar-refractivity contribution in [2.24, 2.45) is 0 Å². The molecular formula is C16H15FN4OS. The van der Waals surface area contributed by atoms with E-state index in [9.17, 15) is 9.18 Å². The summed E-state index contributed by atoms with van der Waals surface area (Å²) in [6.07, 6.45) is 2.07. The van der Waals surface area contributed by atoms with Gasteiger partial charge in [0, 0.05) is 18.5 Å². The number of rotatable bonds is 6. The molecule has 0 bridgehead atoms. The average molecular weight is 330 g/mol. The molecular weight excluding hydrogens is 315 g/mol. The van der Waals surface area contributed by atoms with Gasteiger partial charge in [0.1, 0.15) is 23.5 Å². The predicted octanol–water partition coefficient (Wildman–Crippen LogP) is 3.06. The van der Waals surface area contributed by atoms with Crippen LogP contribution in [0.3, 0.4) is 0 Å². The molecule has 0 saturated heterocycles. The molecule has 1 amide bonds. The molecule has 1 aromatic carbocycles. The third kappa shape index (κ3) is 3.62. The van der Waals surface area contributed by atoms with Crippen molar-refractivity contribution in [2.75, 3.05) is 18.4 Å². The van der Waals surface area contributed by atoms with Crippen LogP contribution in [0, 0.1) is 5.82 Å². The van der Waals surface area contributed by atoms with Crippen LogP contribution in [0.5, 0.6) is 0 Å². The highest BCUT2D eigenvalue weighted by molar-refractivity contribution is 7.12. The molecule has 0 unspecified atom stereocenters. The summed E-state index contributed by atoms with van der Waals surface area (Å²) < 4.78 is 13.7. The molecule has 0 fully saturated rings. The lowest BCUT2D eigenvalue weighted by atomic mass is 10.2. The van der Waals surface area contributed by atoms with Crippen molar-refractivity contribution < 1.29 is 9.18 Å². The van der Waals surface area contributed by atoms with Gasteiger partial charge in [-0.1, -0.05) is 12.1 Å². The zero-order valence-electron chi connectivity index (χ0n) is 12.3. The van der Waals surface area contributed by atoms with Crippen molar-refractivity contribution in [3.05, 3.63) is 52.7 Å². The first-order chi connectivity index (χ1) is 11.3. The number of thiophene rings is 1. The van der Waals surface area contributed by atoms with Crippen molar-refractivity contribution >= 4 is 34.0 Å². The van der Waals surface area contributed by atoms with Gasteiger partial charge in [-0.15, -0.1) is 11.3 Å². The normalized spacial score (nSPS) is 10.7. The van der Waals surface area contributed by atoms with E-state index in [0.717, 1.165) is 6.42 Å². The predicted molar refractivity (Wildman–Crippen MR) is 89.3 cm³/mol. The fraction of sp³-hybridized carbons (Fsp3) is 0.188.